The number of carbonyl (C=O) groups is 2. The van der Waals surface area contributed by atoms with Crippen LogP contribution < -0.4 is 14.8 Å². The predicted octanol–water partition coefficient (Wildman–Crippen LogP) is 3.37. The fourth-order valence-electron chi connectivity index (χ4n) is 4.25. The minimum Gasteiger partial charge on any atom is -0.481 e. The quantitative estimate of drug-likeness (QED) is 0.370. The number of carbonyl (C=O) groups excluding carboxylic acids is 1. The highest BCUT2D eigenvalue weighted by atomic mass is 32.2. The van der Waals surface area contributed by atoms with Crippen LogP contribution in [0, 0.1) is 5.92 Å². The molecule has 0 bridgehead atoms. The van der Waals surface area contributed by atoms with E-state index in [2.05, 4.69) is 15.3 Å². The van der Waals surface area contributed by atoms with Crippen molar-refractivity contribution in [3.63, 3.8) is 0 Å². The van der Waals surface area contributed by atoms with E-state index >= 15 is 0 Å². The lowest BCUT2D eigenvalue weighted by molar-refractivity contribution is -0.135. The largest absolute Gasteiger partial charge is 0.481 e. The van der Waals surface area contributed by atoms with Crippen molar-refractivity contribution in [2.24, 2.45) is 5.92 Å². The molecule has 1 atom stereocenters. The molecule has 10 nitrogen and oxygen atoms in total. The molecule has 35 heavy (non-hydrogen) atoms. The number of sulfonamides is 1. The molecule has 4 rings (SSSR count). The van der Waals surface area contributed by atoms with Crippen LogP contribution in [0.2, 0.25) is 0 Å². The average molecular weight is 519 g/mol. The van der Waals surface area contributed by atoms with Crippen LogP contribution in [0.4, 0.5) is 5.13 Å². The number of fused-ring (bicyclic) bond motifs is 1. The Hall–Kier alpha value is -3.09. The Morgan fingerprint density at radius 1 is 1.14 bits per heavy atom. The number of aromatic nitrogens is 2. The van der Waals surface area contributed by atoms with E-state index in [-0.39, 0.29) is 10.8 Å². The summed E-state index contributed by atoms with van der Waals surface area (Å²) in [5, 5.41) is 12.1. The number of ether oxygens (including phenoxy) is 1. The molecular weight excluding hydrogens is 492 g/mol. The number of hydrogen-bond acceptors (Lipinski definition) is 8. The molecule has 0 saturated heterocycles. The van der Waals surface area contributed by atoms with E-state index in [0.29, 0.717) is 39.3 Å². The molecule has 3 N–H and O–H groups in total. The number of hydrogen-bond donors (Lipinski definition) is 3. The minimum atomic E-state index is -3.97. The van der Waals surface area contributed by atoms with Gasteiger partial charge in [0, 0.05) is 6.07 Å². The lowest BCUT2D eigenvalue weighted by Gasteiger charge is -2.20. The molecule has 1 amide bonds. The Kier molecular flexibility index (Phi) is 7.63. The summed E-state index contributed by atoms with van der Waals surface area (Å²) in [6.45, 7) is -0.709. The molecule has 1 fully saturated rings. The van der Waals surface area contributed by atoms with Crippen LogP contribution in [0.25, 0.3) is 10.3 Å². The van der Waals surface area contributed by atoms with Gasteiger partial charge in [0.15, 0.2) is 5.13 Å². The maximum Gasteiger partial charge on any atom is 0.318 e. The highest BCUT2D eigenvalue weighted by Crippen LogP contribution is 2.36. The van der Waals surface area contributed by atoms with Gasteiger partial charge in [0.2, 0.25) is 21.8 Å². The molecule has 12 heteroatoms. The van der Waals surface area contributed by atoms with Gasteiger partial charge < -0.3 is 15.2 Å². The van der Waals surface area contributed by atoms with Crippen molar-refractivity contribution < 1.29 is 27.9 Å². The Morgan fingerprint density at radius 2 is 1.86 bits per heavy atom. The minimum absolute atomic E-state index is 0.0614. The average Bonchev–Trinajstić information content (AvgIpc) is 3.50. The number of amides is 1. The number of rotatable bonds is 10. The number of thiazole rings is 1. The summed E-state index contributed by atoms with van der Waals surface area (Å²) in [6.07, 6.45) is 5.03. The summed E-state index contributed by atoms with van der Waals surface area (Å²) in [5.41, 5.74) is 1.34. The normalized spacial score (nSPS) is 15.2. The first-order valence-corrected chi connectivity index (χ1v) is 13.5. The summed E-state index contributed by atoms with van der Waals surface area (Å²) in [4.78, 5) is 33.5. The van der Waals surface area contributed by atoms with Crippen LogP contribution in [0.15, 0.2) is 41.3 Å². The third kappa shape index (κ3) is 6.13. The zero-order valence-electron chi connectivity index (χ0n) is 19.1. The van der Waals surface area contributed by atoms with Crippen molar-refractivity contribution in [3.05, 3.63) is 42.0 Å². The summed E-state index contributed by atoms with van der Waals surface area (Å²) in [6, 6.07) is 9.49. The molecule has 1 unspecified atom stereocenters. The molecule has 0 spiro atoms. The van der Waals surface area contributed by atoms with E-state index in [1.807, 2.05) is 4.72 Å². The molecule has 2 aromatic heterocycles. The second-order valence-electron chi connectivity index (χ2n) is 8.41. The summed E-state index contributed by atoms with van der Waals surface area (Å²) in [7, 11) is -2.43. The molecule has 0 aliphatic heterocycles. The Bertz CT molecular complexity index is 1320. The maximum atomic E-state index is 13.4. The smallest absolute Gasteiger partial charge is 0.318 e. The third-order valence-corrected chi connectivity index (χ3v) is 8.33. The summed E-state index contributed by atoms with van der Waals surface area (Å²) in [5.74, 6) is -1.11. The number of pyridine rings is 1. The lowest BCUT2D eigenvalue weighted by atomic mass is 9.87. The van der Waals surface area contributed by atoms with Crippen molar-refractivity contribution >= 4 is 48.7 Å². The van der Waals surface area contributed by atoms with Gasteiger partial charge in [0.25, 0.3) is 0 Å². The van der Waals surface area contributed by atoms with Gasteiger partial charge in [0.05, 0.1) is 17.9 Å². The number of benzene rings is 1. The third-order valence-electron chi connectivity index (χ3n) is 6.04. The number of methoxy groups -OCH3 is 1. The van der Waals surface area contributed by atoms with Gasteiger partial charge in [-0.25, -0.2) is 18.4 Å². The van der Waals surface area contributed by atoms with Gasteiger partial charge in [0.1, 0.15) is 16.9 Å². The molecule has 186 valence electrons. The summed E-state index contributed by atoms with van der Waals surface area (Å²) >= 11 is 1.25. The van der Waals surface area contributed by atoms with Crippen LogP contribution in [0.3, 0.4) is 0 Å². The molecule has 1 aliphatic carbocycles. The van der Waals surface area contributed by atoms with Crippen LogP contribution in [-0.4, -0.2) is 49.0 Å². The number of carboxylic acid groups (broad SMARTS) is 1. The van der Waals surface area contributed by atoms with Crippen LogP contribution in [-0.2, 0) is 19.6 Å². The van der Waals surface area contributed by atoms with Crippen molar-refractivity contribution in [3.8, 4) is 5.88 Å². The number of aliphatic carboxylic acids is 1. The number of carboxylic acids is 1. The van der Waals surface area contributed by atoms with E-state index in [1.165, 1.54) is 30.6 Å². The molecule has 0 radical (unpaired) electrons. The van der Waals surface area contributed by atoms with Crippen molar-refractivity contribution in [1.29, 1.82) is 0 Å². The van der Waals surface area contributed by atoms with E-state index in [4.69, 9.17) is 9.84 Å². The fourth-order valence-corrected chi connectivity index (χ4v) is 6.06. The first kappa shape index (κ1) is 25.0. The van der Waals surface area contributed by atoms with Crippen molar-refractivity contribution in [1.82, 2.24) is 14.7 Å². The van der Waals surface area contributed by atoms with Gasteiger partial charge in [-0.15, -0.1) is 0 Å². The lowest BCUT2D eigenvalue weighted by Crippen LogP contribution is -2.29. The zero-order chi connectivity index (χ0) is 25.0. The van der Waals surface area contributed by atoms with Crippen LogP contribution in [0.1, 0.15) is 43.6 Å². The summed E-state index contributed by atoms with van der Waals surface area (Å²) < 4.78 is 31.8. The van der Waals surface area contributed by atoms with E-state index in [1.54, 1.807) is 24.3 Å². The number of anilines is 1. The molecule has 3 aromatic rings. The van der Waals surface area contributed by atoms with E-state index in [9.17, 15) is 18.0 Å². The topological polar surface area (TPSA) is 148 Å². The van der Waals surface area contributed by atoms with Crippen molar-refractivity contribution in [2.45, 2.75) is 42.9 Å². The van der Waals surface area contributed by atoms with Gasteiger partial charge in [-0.3, -0.25) is 9.59 Å². The monoisotopic (exact) mass is 518 g/mol. The van der Waals surface area contributed by atoms with Gasteiger partial charge >= 0.3 is 5.97 Å². The Morgan fingerprint density at radius 3 is 2.51 bits per heavy atom. The molecular formula is C23H26N4O6S2. The zero-order valence-corrected chi connectivity index (χ0v) is 20.7. The van der Waals surface area contributed by atoms with Crippen LogP contribution >= 0.6 is 11.3 Å². The standard InChI is InChI=1S/C23H26N4O6S2/c1-33-19-11-10-18-22(26-19)34-23(25-18)27-21(30)17(12-14-4-2-3-5-14)15-6-8-16(9-7-15)35(31,32)24-13-20(28)29/h6-11,14,17,24H,2-5,12-13H2,1H3,(H,28,29)(H,25,27,30). The fraction of sp³-hybridized carbons (Fsp3) is 0.391. The number of nitrogens with one attached hydrogen (secondary N) is 2. The molecule has 1 aliphatic rings. The second-order valence-corrected chi connectivity index (χ2v) is 11.2. The van der Waals surface area contributed by atoms with Crippen LogP contribution in [0.5, 0.6) is 5.88 Å². The van der Waals surface area contributed by atoms with Crippen molar-refractivity contribution in [2.75, 3.05) is 19.0 Å². The highest BCUT2D eigenvalue weighted by molar-refractivity contribution is 7.89. The predicted molar refractivity (Wildman–Crippen MR) is 131 cm³/mol. The Labute approximate surface area is 206 Å². The first-order valence-electron chi connectivity index (χ1n) is 11.2. The van der Waals surface area contributed by atoms with E-state index in [0.717, 1.165) is 25.7 Å². The SMILES string of the molecule is COc1ccc2nc(NC(=O)C(CC3CCCC3)c3ccc(S(=O)(=O)NCC(=O)O)cc3)sc2n1. The van der Waals surface area contributed by atoms with Gasteiger partial charge in [-0.1, -0.05) is 49.2 Å². The molecule has 1 saturated carbocycles. The second kappa shape index (κ2) is 10.7. The van der Waals surface area contributed by atoms with E-state index < -0.39 is 28.5 Å². The number of nitrogens with zero attached hydrogens (tertiary/aromatic N) is 2. The highest BCUT2D eigenvalue weighted by Gasteiger charge is 2.28. The Balaban J connectivity index is 1.56. The van der Waals surface area contributed by atoms with Gasteiger partial charge in [-0.2, -0.15) is 4.72 Å². The maximum absolute atomic E-state index is 13.4. The van der Waals surface area contributed by atoms with Gasteiger partial charge in [-0.05, 0) is 36.1 Å². The molecule has 2 heterocycles. The molecule has 1 aromatic carbocycles. The first-order chi connectivity index (χ1) is 16.7.